The lowest BCUT2D eigenvalue weighted by Gasteiger charge is -2.20. The van der Waals surface area contributed by atoms with Gasteiger partial charge in [0, 0.05) is 6.54 Å². The third kappa shape index (κ3) is 4.03. The summed E-state index contributed by atoms with van der Waals surface area (Å²) in [5, 5.41) is 11.6. The van der Waals surface area contributed by atoms with E-state index in [9.17, 15) is 9.59 Å². The highest BCUT2D eigenvalue weighted by Crippen LogP contribution is 2.15. The molecule has 0 fully saturated rings. The Bertz CT molecular complexity index is 506. The van der Waals surface area contributed by atoms with Crippen molar-refractivity contribution in [3.8, 4) is 12.3 Å². The lowest BCUT2D eigenvalue weighted by atomic mass is 10.2. The Morgan fingerprint density at radius 2 is 2.11 bits per heavy atom. The number of urea groups is 1. The normalized spacial score (nSPS) is 9.47. The van der Waals surface area contributed by atoms with E-state index in [4.69, 9.17) is 11.5 Å². The number of terminal acetylenes is 1. The predicted molar refractivity (Wildman–Crippen MR) is 73.1 cm³/mol. The molecule has 1 aromatic rings. The van der Waals surface area contributed by atoms with Gasteiger partial charge in [0.05, 0.1) is 17.8 Å². The number of carboxylic acids is 1. The van der Waals surface area contributed by atoms with Crippen LogP contribution in [0.5, 0.6) is 0 Å². The smallest absolute Gasteiger partial charge is 0.337 e. The molecule has 19 heavy (non-hydrogen) atoms. The highest BCUT2D eigenvalue weighted by molar-refractivity contribution is 6.00. The molecule has 5 heteroatoms. The summed E-state index contributed by atoms with van der Waals surface area (Å²) in [6.45, 7) is 2.64. The fourth-order valence-electron chi connectivity index (χ4n) is 1.61. The molecule has 100 valence electrons. The van der Waals surface area contributed by atoms with Gasteiger partial charge in [-0.25, -0.2) is 9.59 Å². The number of hydrogen-bond donors (Lipinski definition) is 2. The van der Waals surface area contributed by atoms with Gasteiger partial charge in [0.25, 0.3) is 0 Å². The summed E-state index contributed by atoms with van der Waals surface area (Å²) in [6.07, 6.45) is 5.98. The van der Waals surface area contributed by atoms with Crippen molar-refractivity contribution in [2.24, 2.45) is 0 Å². The zero-order chi connectivity index (χ0) is 14.3. The topological polar surface area (TPSA) is 69.6 Å². The van der Waals surface area contributed by atoms with Gasteiger partial charge in [-0.15, -0.1) is 6.42 Å². The summed E-state index contributed by atoms with van der Waals surface area (Å²) >= 11 is 0. The Balaban J connectivity index is 2.86. The first-order valence-electron chi connectivity index (χ1n) is 5.91. The number of carbonyl (C=O) groups excluding carboxylic acids is 1. The number of benzene rings is 1. The number of amides is 2. The van der Waals surface area contributed by atoms with Crippen LogP contribution in [0.15, 0.2) is 24.3 Å². The monoisotopic (exact) mass is 260 g/mol. The van der Waals surface area contributed by atoms with Crippen LogP contribution in [0.1, 0.15) is 23.7 Å². The minimum atomic E-state index is -1.09. The van der Waals surface area contributed by atoms with Crippen LogP contribution in [0.3, 0.4) is 0 Å². The molecule has 0 spiro atoms. The van der Waals surface area contributed by atoms with E-state index < -0.39 is 12.0 Å². The van der Waals surface area contributed by atoms with Gasteiger partial charge in [-0.05, 0) is 18.6 Å². The number of nitrogens with zero attached hydrogens (tertiary/aromatic N) is 1. The van der Waals surface area contributed by atoms with Crippen molar-refractivity contribution >= 4 is 17.7 Å². The molecule has 0 saturated heterocycles. The average molecular weight is 260 g/mol. The molecule has 0 bridgehead atoms. The van der Waals surface area contributed by atoms with Gasteiger partial charge >= 0.3 is 12.0 Å². The molecule has 0 aliphatic rings. The van der Waals surface area contributed by atoms with E-state index in [1.807, 2.05) is 6.92 Å². The minimum Gasteiger partial charge on any atom is -0.478 e. The third-order valence-corrected chi connectivity index (χ3v) is 2.46. The molecule has 2 amide bonds. The molecule has 0 heterocycles. The van der Waals surface area contributed by atoms with Gasteiger partial charge in [0.15, 0.2) is 0 Å². The predicted octanol–water partition coefficient (Wildman–Crippen LogP) is 2.26. The number of anilines is 1. The summed E-state index contributed by atoms with van der Waals surface area (Å²) in [5.41, 5.74) is 0.311. The highest BCUT2D eigenvalue weighted by atomic mass is 16.4. The zero-order valence-electron chi connectivity index (χ0n) is 10.7. The van der Waals surface area contributed by atoms with E-state index in [-0.39, 0.29) is 17.8 Å². The summed E-state index contributed by atoms with van der Waals surface area (Å²) < 4.78 is 0. The van der Waals surface area contributed by atoms with E-state index in [0.717, 1.165) is 6.42 Å². The first-order valence-corrected chi connectivity index (χ1v) is 5.91. The van der Waals surface area contributed by atoms with Crippen LogP contribution in [0.4, 0.5) is 10.5 Å². The van der Waals surface area contributed by atoms with Gasteiger partial charge in [-0.3, -0.25) is 0 Å². The maximum Gasteiger partial charge on any atom is 0.337 e. The van der Waals surface area contributed by atoms with E-state index in [1.54, 1.807) is 18.2 Å². The molecule has 0 aromatic heterocycles. The fraction of sp³-hybridized carbons (Fsp3) is 0.286. The van der Waals surface area contributed by atoms with Crippen LogP contribution in [-0.4, -0.2) is 35.1 Å². The third-order valence-electron chi connectivity index (χ3n) is 2.46. The lowest BCUT2D eigenvalue weighted by molar-refractivity contribution is 0.0698. The fourth-order valence-corrected chi connectivity index (χ4v) is 1.61. The summed E-state index contributed by atoms with van der Waals surface area (Å²) in [5.74, 6) is 1.32. The molecule has 0 atom stereocenters. The quantitative estimate of drug-likeness (QED) is 0.798. The Morgan fingerprint density at radius 1 is 1.42 bits per heavy atom. The molecule has 5 nitrogen and oxygen atoms in total. The molecule has 0 saturated carbocycles. The molecule has 1 aromatic carbocycles. The number of nitrogens with one attached hydrogen (secondary N) is 1. The van der Waals surface area contributed by atoms with Crippen molar-refractivity contribution in [2.45, 2.75) is 13.3 Å². The van der Waals surface area contributed by atoms with E-state index in [2.05, 4.69) is 11.2 Å². The van der Waals surface area contributed by atoms with Crippen molar-refractivity contribution in [1.29, 1.82) is 0 Å². The van der Waals surface area contributed by atoms with Crippen molar-refractivity contribution in [3.63, 3.8) is 0 Å². The first-order chi connectivity index (χ1) is 9.10. The van der Waals surface area contributed by atoms with E-state index in [0.29, 0.717) is 6.54 Å². The second-order valence-electron chi connectivity index (χ2n) is 3.91. The van der Waals surface area contributed by atoms with Crippen molar-refractivity contribution in [1.82, 2.24) is 4.90 Å². The van der Waals surface area contributed by atoms with Gasteiger partial charge in [0.2, 0.25) is 0 Å². The minimum absolute atomic E-state index is 0.0491. The van der Waals surface area contributed by atoms with Gasteiger partial charge in [0.1, 0.15) is 0 Å². The molecule has 1 rings (SSSR count). The van der Waals surface area contributed by atoms with Crippen molar-refractivity contribution in [3.05, 3.63) is 29.8 Å². The second-order valence-corrected chi connectivity index (χ2v) is 3.91. The number of carboxylic acid groups (broad SMARTS) is 1. The maximum atomic E-state index is 12.0. The Labute approximate surface area is 112 Å². The largest absolute Gasteiger partial charge is 0.478 e. The lowest BCUT2D eigenvalue weighted by Crippen LogP contribution is -2.36. The number of para-hydroxylation sites is 1. The maximum absolute atomic E-state index is 12.0. The van der Waals surface area contributed by atoms with Crippen LogP contribution in [0.25, 0.3) is 0 Å². The van der Waals surface area contributed by atoms with E-state index in [1.165, 1.54) is 11.0 Å². The van der Waals surface area contributed by atoms with Crippen LogP contribution < -0.4 is 5.32 Å². The zero-order valence-corrected chi connectivity index (χ0v) is 10.7. The Hall–Kier alpha value is -2.48. The van der Waals surface area contributed by atoms with E-state index >= 15 is 0 Å². The summed E-state index contributed by atoms with van der Waals surface area (Å²) in [4.78, 5) is 24.5. The SMILES string of the molecule is C#CCN(CCC)C(=O)Nc1ccccc1C(=O)O. The Morgan fingerprint density at radius 3 is 2.68 bits per heavy atom. The summed E-state index contributed by atoms with van der Waals surface area (Å²) in [7, 11) is 0. The first kappa shape index (κ1) is 14.6. The van der Waals surface area contributed by atoms with Gasteiger partial charge in [-0.1, -0.05) is 25.0 Å². The molecule has 0 unspecified atom stereocenters. The van der Waals surface area contributed by atoms with Crippen molar-refractivity contribution in [2.75, 3.05) is 18.4 Å². The van der Waals surface area contributed by atoms with Crippen LogP contribution in [-0.2, 0) is 0 Å². The molecule has 0 radical (unpaired) electrons. The van der Waals surface area contributed by atoms with Crippen molar-refractivity contribution < 1.29 is 14.7 Å². The number of hydrogen-bond acceptors (Lipinski definition) is 2. The standard InChI is InChI=1S/C14H16N2O3/c1-3-9-16(10-4-2)14(19)15-12-8-6-5-7-11(12)13(17)18/h1,5-8H,4,9-10H2,2H3,(H,15,19)(H,17,18). The van der Waals surface area contributed by atoms with Gasteiger partial charge < -0.3 is 15.3 Å². The van der Waals surface area contributed by atoms with Crippen LogP contribution in [0.2, 0.25) is 0 Å². The number of aromatic carboxylic acids is 1. The molecular formula is C14H16N2O3. The second kappa shape index (κ2) is 7.07. The molecular weight excluding hydrogens is 244 g/mol. The van der Waals surface area contributed by atoms with Crippen LogP contribution in [0, 0.1) is 12.3 Å². The van der Waals surface area contributed by atoms with Crippen LogP contribution >= 0.6 is 0 Å². The Kier molecular flexibility index (Phi) is 5.42. The molecule has 2 N–H and O–H groups in total. The molecule has 0 aliphatic heterocycles. The number of carbonyl (C=O) groups is 2. The van der Waals surface area contributed by atoms with Gasteiger partial charge in [-0.2, -0.15) is 0 Å². The number of rotatable bonds is 5. The summed E-state index contributed by atoms with van der Waals surface area (Å²) in [6, 6.07) is 5.84. The molecule has 0 aliphatic carbocycles. The highest BCUT2D eigenvalue weighted by Gasteiger charge is 2.15. The average Bonchev–Trinajstić information content (AvgIpc) is 2.38.